The molecule has 0 spiro atoms. The third-order valence-corrected chi connectivity index (χ3v) is 0.575. The standard InChI is InChI=1S/C5H3FN.ClH.Mg/c6-5-2-1-3-7-4-5;;/h1-3H;1H;/q-1;;+2/p-1. The van der Waals surface area contributed by atoms with Gasteiger partial charge in [-0.2, -0.15) is 6.07 Å². The molecule has 1 nitrogen and oxygen atoms in total. The fraction of sp³-hybridized carbons (Fsp3) is 0. The fourth-order valence-electron chi connectivity index (χ4n) is 0.307. The molecule has 0 aliphatic heterocycles. The van der Waals surface area contributed by atoms with Crippen molar-refractivity contribution in [1.82, 2.24) is 4.98 Å². The second-order valence-electron chi connectivity index (χ2n) is 1.10. The molecule has 0 atom stereocenters. The Morgan fingerprint density at radius 2 is 2.22 bits per heavy atom. The van der Waals surface area contributed by atoms with Crippen molar-refractivity contribution in [2.75, 3.05) is 0 Å². The minimum Gasteiger partial charge on any atom is -1.00 e. The summed E-state index contributed by atoms with van der Waals surface area (Å²) in [7, 11) is 0. The molecular formula is C5H3ClFMgN. The summed E-state index contributed by atoms with van der Waals surface area (Å²) in [6.07, 6.45) is 3.59. The average Bonchev–Trinajstić information content (AvgIpc) is 1.69. The minimum absolute atomic E-state index is 0. The van der Waals surface area contributed by atoms with Crippen LogP contribution in [0.2, 0.25) is 0 Å². The van der Waals surface area contributed by atoms with E-state index in [1.165, 1.54) is 18.3 Å². The van der Waals surface area contributed by atoms with E-state index in [-0.39, 0.29) is 35.5 Å². The van der Waals surface area contributed by atoms with Crippen LogP contribution >= 0.6 is 0 Å². The molecule has 0 bridgehead atoms. The Bertz CT molecular complexity index is 147. The van der Waals surface area contributed by atoms with Crippen molar-refractivity contribution in [2.24, 2.45) is 0 Å². The second kappa shape index (κ2) is 6.26. The first-order valence-electron chi connectivity index (χ1n) is 1.88. The molecule has 0 aliphatic carbocycles. The molecule has 0 aliphatic rings. The van der Waals surface area contributed by atoms with E-state index in [0.717, 1.165) is 0 Å². The molecular weight excluding hydrogens is 153 g/mol. The molecule has 0 saturated carbocycles. The Kier molecular flexibility index (Phi) is 8.26. The molecule has 9 heavy (non-hydrogen) atoms. The molecule has 0 fully saturated rings. The maximum Gasteiger partial charge on any atom is 2.00 e. The van der Waals surface area contributed by atoms with Crippen LogP contribution in [0.5, 0.6) is 0 Å². The van der Waals surface area contributed by atoms with Crippen LogP contribution in [-0.4, -0.2) is 28.0 Å². The molecule has 0 amide bonds. The summed E-state index contributed by atoms with van der Waals surface area (Å²) >= 11 is 0. The van der Waals surface area contributed by atoms with Crippen LogP contribution in [0.15, 0.2) is 18.3 Å². The van der Waals surface area contributed by atoms with Crippen LogP contribution in [0, 0.1) is 12.0 Å². The molecule has 0 radical (unpaired) electrons. The fourth-order valence-corrected chi connectivity index (χ4v) is 0.307. The van der Waals surface area contributed by atoms with Gasteiger partial charge in [0.2, 0.25) is 0 Å². The number of hydrogen-bond donors (Lipinski definition) is 0. The van der Waals surface area contributed by atoms with E-state index < -0.39 is 5.82 Å². The summed E-state index contributed by atoms with van der Waals surface area (Å²) in [6.45, 7) is 0. The van der Waals surface area contributed by atoms with Crippen molar-refractivity contribution in [1.29, 1.82) is 0 Å². The van der Waals surface area contributed by atoms with Gasteiger partial charge in [-0.05, 0) is 6.20 Å². The number of halogens is 2. The van der Waals surface area contributed by atoms with Crippen LogP contribution in [-0.2, 0) is 0 Å². The zero-order chi connectivity index (χ0) is 5.11. The summed E-state index contributed by atoms with van der Waals surface area (Å²) in [5, 5.41) is 0. The van der Waals surface area contributed by atoms with Crippen molar-refractivity contribution < 1.29 is 16.8 Å². The van der Waals surface area contributed by atoms with E-state index in [9.17, 15) is 4.39 Å². The van der Waals surface area contributed by atoms with E-state index in [1.54, 1.807) is 0 Å². The molecule has 1 aromatic heterocycles. The predicted octanol–water partition coefficient (Wildman–Crippen LogP) is -2.36. The summed E-state index contributed by atoms with van der Waals surface area (Å²) in [5.74, 6) is -0.414. The van der Waals surface area contributed by atoms with E-state index >= 15 is 0 Å². The third kappa shape index (κ3) is 4.63. The van der Waals surface area contributed by atoms with Crippen molar-refractivity contribution in [3.05, 3.63) is 30.3 Å². The smallest absolute Gasteiger partial charge is 1.00 e. The zero-order valence-corrected chi connectivity index (χ0v) is 6.81. The quantitative estimate of drug-likeness (QED) is 0.302. The number of aromatic nitrogens is 1. The van der Waals surface area contributed by atoms with Crippen LogP contribution in [0.25, 0.3) is 0 Å². The first kappa shape index (κ1) is 11.9. The van der Waals surface area contributed by atoms with Crippen molar-refractivity contribution in [3.63, 3.8) is 0 Å². The van der Waals surface area contributed by atoms with Gasteiger partial charge in [0.15, 0.2) is 0 Å². The molecule has 1 heterocycles. The first-order valence-corrected chi connectivity index (χ1v) is 1.88. The van der Waals surface area contributed by atoms with Gasteiger partial charge in [-0.1, -0.05) is 6.20 Å². The van der Waals surface area contributed by atoms with Gasteiger partial charge in [0.05, 0.1) is 0 Å². The van der Waals surface area contributed by atoms with Gasteiger partial charge >= 0.3 is 23.1 Å². The van der Waals surface area contributed by atoms with Gasteiger partial charge < -0.3 is 17.4 Å². The second-order valence-corrected chi connectivity index (χ2v) is 1.10. The monoisotopic (exact) mass is 155 g/mol. The van der Waals surface area contributed by atoms with Crippen molar-refractivity contribution >= 4 is 23.1 Å². The summed E-state index contributed by atoms with van der Waals surface area (Å²) in [4.78, 5) is 3.38. The molecule has 1 aromatic rings. The normalized spacial score (nSPS) is 6.78. The van der Waals surface area contributed by atoms with Gasteiger partial charge in [-0.25, -0.2) is 4.39 Å². The molecule has 1 rings (SSSR count). The number of rotatable bonds is 0. The van der Waals surface area contributed by atoms with Crippen LogP contribution in [0.3, 0.4) is 0 Å². The van der Waals surface area contributed by atoms with Gasteiger partial charge in [-0.15, -0.1) is 6.07 Å². The molecule has 0 saturated heterocycles. The average molecular weight is 156 g/mol. The summed E-state index contributed by atoms with van der Waals surface area (Å²) in [5.41, 5.74) is 0. The van der Waals surface area contributed by atoms with Crippen LogP contribution < -0.4 is 12.4 Å². The van der Waals surface area contributed by atoms with Crippen LogP contribution in [0.1, 0.15) is 0 Å². The van der Waals surface area contributed by atoms with Gasteiger partial charge in [0.1, 0.15) is 0 Å². The van der Waals surface area contributed by atoms with Crippen molar-refractivity contribution in [2.45, 2.75) is 0 Å². The summed E-state index contributed by atoms with van der Waals surface area (Å²) in [6, 6.07) is 2.82. The van der Waals surface area contributed by atoms with E-state index in [0.29, 0.717) is 0 Å². The van der Waals surface area contributed by atoms with E-state index in [4.69, 9.17) is 0 Å². The van der Waals surface area contributed by atoms with E-state index in [1.807, 2.05) is 0 Å². The molecule has 4 heteroatoms. The number of pyridine rings is 1. The summed E-state index contributed by atoms with van der Waals surface area (Å²) < 4.78 is 11.8. The Labute approximate surface area is 75.2 Å². The third-order valence-electron chi connectivity index (χ3n) is 0.575. The van der Waals surface area contributed by atoms with Crippen molar-refractivity contribution in [3.8, 4) is 0 Å². The molecule has 0 unspecified atom stereocenters. The maximum atomic E-state index is 11.8. The Balaban J connectivity index is 0. The maximum absolute atomic E-state index is 11.8. The largest absolute Gasteiger partial charge is 2.00 e. The number of hydrogen-bond acceptors (Lipinski definition) is 1. The zero-order valence-electron chi connectivity index (χ0n) is 4.64. The van der Waals surface area contributed by atoms with Gasteiger partial charge in [-0.3, -0.25) is 0 Å². The van der Waals surface area contributed by atoms with Crippen LogP contribution in [0.4, 0.5) is 4.39 Å². The Morgan fingerprint density at radius 1 is 1.56 bits per heavy atom. The Hall–Kier alpha value is 0.136. The molecule has 0 aromatic carbocycles. The predicted molar refractivity (Wildman–Crippen MR) is 28.8 cm³/mol. The van der Waals surface area contributed by atoms with E-state index in [2.05, 4.69) is 11.2 Å². The topological polar surface area (TPSA) is 12.9 Å². The molecule has 0 N–H and O–H groups in total. The first-order chi connectivity index (χ1) is 3.39. The van der Waals surface area contributed by atoms with Gasteiger partial charge in [0, 0.05) is 5.82 Å². The van der Waals surface area contributed by atoms with Gasteiger partial charge in [0.25, 0.3) is 0 Å². The molecule has 44 valence electrons. The Morgan fingerprint density at radius 3 is 2.44 bits per heavy atom. The minimum atomic E-state index is -0.414. The SMILES string of the molecule is Fc1[c-]nccc1.[Cl-].[Mg+2]. The number of nitrogens with zero attached hydrogens (tertiary/aromatic N) is 1.